The van der Waals surface area contributed by atoms with Crippen molar-refractivity contribution in [2.24, 2.45) is 0 Å². The maximum Gasteiger partial charge on any atom is 0.155 e. The summed E-state index contributed by atoms with van der Waals surface area (Å²) in [5, 5.41) is 14.4. The molecule has 0 amide bonds. The van der Waals surface area contributed by atoms with Crippen LogP contribution in [0.4, 0.5) is 0 Å². The third kappa shape index (κ3) is 6.49. The van der Waals surface area contributed by atoms with Gasteiger partial charge in [-0.15, -0.1) is 12.1 Å². The summed E-state index contributed by atoms with van der Waals surface area (Å²) in [6.07, 6.45) is 3.09. The van der Waals surface area contributed by atoms with Crippen LogP contribution in [0.25, 0.3) is 43.8 Å². The minimum Gasteiger partial charge on any atom is -0.512 e. The molecule has 3 aromatic carbocycles. The Balaban J connectivity index is 0.000000468. The second-order valence-corrected chi connectivity index (χ2v) is 11.3. The summed E-state index contributed by atoms with van der Waals surface area (Å²) in [5.41, 5.74) is 5.45. The number of aliphatic hydroxyl groups is 1. The van der Waals surface area contributed by atoms with Crippen molar-refractivity contribution in [3.63, 3.8) is 0 Å². The van der Waals surface area contributed by atoms with Gasteiger partial charge in [0.2, 0.25) is 0 Å². The standard InChI is InChI=1S/C29H28NO.C5H8O2.Ir/c1-17(2)21-8-7-9-22-23(21)10-11-25-24(22)12-13-30-27(25)19-15-20-14-18(3)31-28(20)26(16-19)29(4,5)6;1-4(6)3-5(2)7;/h7-14,16-17H,1-6H3;3,6H,1-2H3;/q-1;;/b;4-3-;. The first-order chi connectivity index (χ1) is 17.9. The van der Waals surface area contributed by atoms with E-state index in [4.69, 9.17) is 14.5 Å². The number of benzene rings is 3. The quantitative estimate of drug-likeness (QED) is 0.0883. The van der Waals surface area contributed by atoms with Crippen molar-refractivity contribution in [1.82, 2.24) is 4.98 Å². The Bertz CT molecular complexity index is 1680. The van der Waals surface area contributed by atoms with Gasteiger partial charge in [0.25, 0.3) is 0 Å². The SMILES string of the molecule is CC(=O)/C=C(/C)O.Cc1cc2[c-]c(-c3nccc4c3ccc3c(C(C)C)cccc34)cc(C(C)(C)C)c2o1.[Ir]. The van der Waals surface area contributed by atoms with Gasteiger partial charge in [-0.2, -0.15) is 0 Å². The summed E-state index contributed by atoms with van der Waals surface area (Å²) in [6.45, 7) is 16.0. The van der Waals surface area contributed by atoms with E-state index in [1.54, 1.807) is 0 Å². The number of nitrogens with zero attached hydrogens (tertiary/aromatic N) is 1. The van der Waals surface area contributed by atoms with E-state index < -0.39 is 0 Å². The number of hydrogen-bond donors (Lipinski definition) is 1. The molecule has 0 bridgehead atoms. The minimum atomic E-state index is -0.125. The van der Waals surface area contributed by atoms with Gasteiger partial charge < -0.3 is 9.52 Å². The molecule has 0 atom stereocenters. The zero-order valence-electron chi connectivity index (χ0n) is 23.9. The molecule has 5 aromatic rings. The molecule has 0 aliphatic carbocycles. The van der Waals surface area contributed by atoms with Crippen LogP contribution in [0.2, 0.25) is 0 Å². The van der Waals surface area contributed by atoms with Gasteiger partial charge in [-0.3, -0.25) is 9.78 Å². The number of pyridine rings is 1. The number of ketones is 1. The molecule has 0 saturated heterocycles. The molecule has 0 unspecified atom stereocenters. The van der Waals surface area contributed by atoms with E-state index >= 15 is 0 Å². The number of aliphatic hydroxyl groups excluding tert-OH is 1. The molecule has 0 fully saturated rings. The van der Waals surface area contributed by atoms with E-state index in [1.807, 2.05) is 13.1 Å². The molecule has 2 heterocycles. The molecule has 1 radical (unpaired) electrons. The first-order valence-electron chi connectivity index (χ1n) is 13.0. The number of carbonyl (C=O) groups is 1. The molecule has 0 aliphatic heterocycles. The first-order valence-corrected chi connectivity index (χ1v) is 13.0. The van der Waals surface area contributed by atoms with Crippen LogP contribution in [0.1, 0.15) is 71.3 Å². The van der Waals surface area contributed by atoms with Crippen molar-refractivity contribution in [2.75, 3.05) is 0 Å². The van der Waals surface area contributed by atoms with Crippen LogP contribution in [-0.2, 0) is 30.3 Å². The number of aryl methyl sites for hydroxylation is 1. The van der Waals surface area contributed by atoms with Crippen LogP contribution in [0.3, 0.4) is 0 Å². The molecule has 205 valence electrons. The van der Waals surface area contributed by atoms with E-state index in [0.29, 0.717) is 5.92 Å². The molecule has 1 N–H and O–H groups in total. The van der Waals surface area contributed by atoms with Gasteiger partial charge in [-0.1, -0.05) is 87.5 Å². The summed E-state index contributed by atoms with van der Waals surface area (Å²) >= 11 is 0. The Morgan fingerprint density at radius 2 is 1.67 bits per heavy atom. The van der Waals surface area contributed by atoms with Crippen molar-refractivity contribution in [2.45, 2.75) is 66.7 Å². The Hall–Kier alpha value is -3.27. The molecule has 0 aliphatic rings. The summed E-state index contributed by atoms with van der Waals surface area (Å²) in [5.74, 6) is 1.33. The summed E-state index contributed by atoms with van der Waals surface area (Å²) in [4.78, 5) is 14.8. The molecular formula is C34H36IrNO3-. The number of carbonyl (C=O) groups excluding carboxylic acids is 1. The molecule has 0 spiro atoms. The first kappa shape index (κ1) is 30.3. The van der Waals surface area contributed by atoms with E-state index in [2.05, 4.69) is 89.2 Å². The van der Waals surface area contributed by atoms with Gasteiger partial charge in [0, 0.05) is 38.1 Å². The maximum atomic E-state index is 10.0. The fraction of sp³-hybridized carbons (Fsp3) is 0.294. The van der Waals surface area contributed by atoms with Crippen molar-refractivity contribution in [3.8, 4) is 11.3 Å². The van der Waals surface area contributed by atoms with Gasteiger partial charge in [0.1, 0.15) is 0 Å². The number of hydrogen-bond acceptors (Lipinski definition) is 4. The van der Waals surface area contributed by atoms with Crippen molar-refractivity contribution >= 4 is 38.3 Å². The van der Waals surface area contributed by atoms with Crippen LogP contribution in [0.5, 0.6) is 0 Å². The number of rotatable bonds is 3. The van der Waals surface area contributed by atoms with Gasteiger partial charge in [0.15, 0.2) is 5.78 Å². The van der Waals surface area contributed by atoms with Crippen LogP contribution in [-0.4, -0.2) is 15.9 Å². The van der Waals surface area contributed by atoms with Crippen molar-refractivity contribution in [3.05, 3.63) is 89.5 Å². The maximum absolute atomic E-state index is 10.0. The molecule has 0 saturated carbocycles. The molecular weight excluding hydrogens is 663 g/mol. The Labute approximate surface area is 244 Å². The van der Waals surface area contributed by atoms with Gasteiger partial charge in [0.05, 0.1) is 17.1 Å². The van der Waals surface area contributed by atoms with Crippen LogP contribution in [0.15, 0.2) is 71.0 Å². The second kappa shape index (κ2) is 11.9. The predicted molar refractivity (Wildman–Crippen MR) is 158 cm³/mol. The minimum absolute atomic E-state index is 0. The van der Waals surface area contributed by atoms with Crippen LogP contribution in [0, 0.1) is 13.0 Å². The number of aromatic nitrogens is 1. The van der Waals surface area contributed by atoms with E-state index in [-0.39, 0.29) is 37.1 Å². The smallest absolute Gasteiger partial charge is 0.155 e. The van der Waals surface area contributed by atoms with E-state index in [9.17, 15) is 4.79 Å². The largest absolute Gasteiger partial charge is 0.512 e. The summed E-state index contributed by atoms with van der Waals surface area (Å²) in [7, 11) is 0. The zero-order chi connectivity index (χ0) is 27.8. The Morgan fingerprint density at radius 1 is 1.00 bits per heavy atom. The fourth-order valence-electron chi connectivity index (χ4n) is 4.94. The number of allylic oxidation sites excluding steroid dienone is 2. The summed E-state index contributed by atoms with van der Waals surface area (Å²) in [6, 6.07) is 21.1. The zero-order valence-corrected chi connectivity index (χ0v) is 26.3. The average Bonchev–Trinajstić information content (AvgIpc) is 3.21. The third-order valence-corrected chi connectivity index (χ3v) is 6.59. The van der Waals surface area contributed by atoms with Gasteiger partial charge in [-0.25, -0.2) is 0 Å². The normalized spacial score (nSPS) is 12.0. The number of furan rings is 1. The van der Waals surface area contributed by atoms with Crippen LogP contribution < -0.4 is 0 Å². The topological polar surface area (TPSA) is 63.3 Å². The summed E-state index contributed by atoms with van der Waals surface area (Å²) < 4.78 is 6.05. The fourth-order valence-corrected chi connectivity index (χ4v) is 4.94. The van der Waals surface area contributed by atoms with Gasteiger partial charge in [-0.05, 0) is 65.3 Å². The molecule has 5 rings (SSSR count). The molecule has 5 heteroatoms. The van der Waals surface area contributed by atoms with Crippen molar-refractivity contribution in [1.29, 1.82) is 0 Å². The van der Waals surface area contributed by atoms with E-state index in [0.717, 1.165) is 33.4 Å². The van der Waals surface area contributed by atoms with Gasteiger partial charge >= 0.3 is 0 Å². The average molecular weight is 699 g/mol. The molecule has 2 aromatic heterocycles. The Kier molecular flexibility index (Phi) is 9.20. The molecule has 39 heavy (non-hydrogen) atoms. The van der Waals surface area contributed by atoms with Crippen LogP contribution >= 0.6 is 0 Å². The Morgan fingerprint density at radius 3 is 2.26 bits per heavy atom. The monoisotopic (exact) mass is 699 g/mol. The van der Waals surface area contributed by atoms with Crippen molar-refractivity contribution < 1.29 is 34.4 Å². The van der Waals surface area contributed by atoms with E-state index in [1.165, 1.54) is 47.2 Å². The molecule has 4 nitrogen and oxygen atoms in total. The second-order valence-electron chi connectivity index (χ2n) is 11.3. The number of fused-ring (bicyclic) bond motifs is 4. The predicted octanol–water partition coefficient (Wildman–Crippen LogP) is 9.37. The third-order valence-electron chi connectivity index (χ3n) is 6.59.